The maximum absolute atomic E-state index is 13.2. The first-order valence-corrected chi connectivity index (χ1v) is 12.6. The van der Waals surface area contributed by atoms with Crippen LogP contribution in [0.15, 0.2) is 77.7 Å². The van der Waals surface area contributed by atoms with E-state index in [1.54, 1.807) is 53.4 Å². The van der Waals surface area contributed by atoms with Crippen LogP contribution in [0.1, 0.15) is 28.8 Å². The van der Waals surface area contributed by atoms with Gasteiger partial charge in [0.1, 0.15) is 4.90 Å². The van der Waals surface area contributed by atoms with Crippen molar-refractivity contribution in [2.24, 2.45) is 0 Å². The molecule has 0 atom stereocenters. The van der Waals surface area contributed by atoms with Gasteiger partial charge in [0.05, 0.1) is 10.7 Å². The van der Waals surface area contributed by atoms with E-state index in [0.29, 0.717) is 24.3 Å². The van der Waals surface area contributed by atoms with E-state index in [-0.39, 0.29) is 21.4 Å². The molecular formula is C25H24ClN3O4S. The number of rotatable bonds is 7. The predicted molar refractivity (Wildman–Crippen MR) is 133 cm³/mol. The molecule has 1 fully saturated rings. The number of nitrogens with one attached hydrogen (secondary N) is 1. The van der Waals surface area contributed by atoms with Crippen molar-refractivity contribution in [1.29, 1.82) is 0 Å². The van der Waals surface area contributed by atoms with E-state index in [9.17, 15) is 18.0 Å². The van der Waals surface area contributed by atoms with Crippen molar-refractivity contribution >= 4 is 44.8 Å². The van der Waals surface area contributed by atoms with Gasteiger partial charge >= 0.3 is 0 Å². The molecule has 34 heavy (non-hydrogen) atoms. The fraction of sp³-hybridized carbons (Fsp3) is 0.200. The van der Waals surface area contributed by atoms with Crippen LogP contribution in [0.5, 0.6) is 0 Å². The number of hydrogen-bond acceptors (Lipinski definition) is 4. The fourth-order valence-electron chi connectivity index (χ4n) is 3.81. The van der Waals surface area contributed by atoms with E-state index in [2.05, 4.69) is 5.32 Å². The van der Waals surface area contributed by atoms with Gasteiger partial charge in [-0.3, -0.25) is 13.9 Å². The minimum Gasteiger partial charge on any atom is -0.338 e. The molecule has 1 aliphatic rings. The minimum absolute atomic E-state index is 0.0246. The monoisotopic (exact) mass is 497 g/mol. The van der Waals surface area contributed by atoms with Gasteiger partial charge in [-0.25, -0.2) is 8.42 Å². The van der Waals surface area contributed by atoms with Crippen LogP contribution in [0.2, 0.25) is 5.02 Å². The standard InChI is InChI=1S/C25H24ClN3O4S/c1-28(21-9-3-2-4-10-21)34(32,33)23-16-19(12-13-22(23)26)25(31)27-20-8-5-7-18(15-20)17-29-14-6-11-24(29)30/h2-5,7-10,12-13,15-16H,6,11,14,17H2,1H3,(H,27,31). The summed E-state index contributed by atoms with van der Waals surface area (Å²) in [5.74, 6) is -0.338. The van der Waals surface area contributed by atoms with Crippen molar-refractivity contribution in [1.82, 2.24) is 4.90 Å². The van der Waals surface area contributed by atoms with Crippen LogP contribution in [0.3, 0.4) is 0 Å². The smallest absolute Gasteiger partial charge is 0.265 e. The van der Waals surface area contributed by atoms with Gasteiger partial charge in [0.25, 0.3) is 15.9 Å². The molecule has 0 aliphatic carbocycles. The van der Waals surface area contributed by atoms with Crippen LogP contribution in [0, 0.1) is 0 Å². The Morgan fingerprint density at radius 2 is 1.82 bits per heavy atom. The van der Waals surface area contributed by atoms with Gasteiger partial charge in [0.15, 0.2) is 0 Å². The molecule has 1 N–H and O–H groups in total. The van der Waals surface area contributed by atoms with Crippen LogP contribution in [0.4, 0.5) is 11.4 Å². The van der Waals surface area contributed by atoms with Crippen molar-refractivity contribution in [3.63, 3.8) is 0 Å². The molecular weight excluding hydrogens is 474 g/mol. The van der Waals surface area contributed by atoms with E-state index >= 15 is 0 Å². The number of nitrogens with zero attached hydrogens (tertiary/aromatic N) is 2. The van der Waals surface area contributed by atoms with Crippen molar-refractivity contribution in [2.75, 3.05) is 23.2 Å². The van der Waals surface area contributed by atoms with E-state index in [1.807, 2.05) is 6.07 Å². The van der Waals surface area contributed by atoms with E-state index in [4.69, 9.17) is 11.6 Å². The number of halogens is 1. The Morgan fingerprint density at radius 1 is 1.06 bits per heavy atom. The Labute approximate surface area is 204 Å². The number of para-hydroxylation sites is 1. The molecule has 9 heteroatoms. The maximum Gasteiger partial charge on any atom is 0.265 e. The molecule has 176 valence electrons. The van der Waals surface area contributed by atoms with Gasteiger partial charge in [-0.2, -0.15) is 0 Å². The van der Waals surface area contributed by atoms with Crippen molar-refractivity contribution < 1.29 is 18.0 Å². The summed E-state index contributed by atoms with van der Waals surface area (Å²) in [5, 5.41) is 2.82. The Bertz CT molecular complexity index is 1330. The lowest BCUT2D eigenvalue weighted by molar-refractivity contribution is -0.128. The summed E-state index contributed by atoms with van der Waals surface area (Å²) in [7, 11) is -2.56. The Kier molecular flexibility index (Phi) is 6.90. The molecule has 2 amide bonds. The quantitative estimate of drug-likeness (QED) is 0.519. The van der Waals surface area contributed by atoms with Crippen molar-refractivity contribution in [3.8, 4) is 0 Å². The zero-order valence-corrected chi connectivity index (χ0v) is 20.1. The van der Waals surface area contributed by atoms with Crippen LogP contribution in [-0.4, -0.2) is 38.7 Å². The number of hydrogen-bond donors (Lipinski definition) is 1. The number of benzene rings is 3. The van der Waals surface area contributed by atoms with Crippen molar-refractivity contribution in [3.05, 3.63) is 88.9 Å². The fourth-order valence-corrected chi connectivity index (χ4v) is 5.50. The molecule has 3 aromatic rings. The number of sulfonamides is 1. The van der Waals surface area contributed by atoms with E-state index in [0.717, 1.165) is 22.8 Å². The molecule has 0 radical (unpaired) electrons. The lowest BCUT2D eigenvalue weighted by atomic mass is 10.1. The summed E-state index contributed by atoms with van der Waals surface area (Å²) in [6, 6.07) is 20.0. The molecule has 1 heterocycles. The van der Waals surface area contributed by atoms with E-state index in [1.165, 1.54) is 25.2 Å². The summed E-state index contributed by atoms with van der Waals surface area (Å²) in [5.41, 5.74) is 2.08. The molecule has 0 aromatic heterocycles. The molecule has 3 aromatic carbocycles. The Morgan fingerprint density at radius 3 is 2.53 bits per heavy atom. The second kappa shape index (κ2) is 9.87. The first-order valence-electron chi connectivity index (χ1n) is 10.8. The highest BCUT2D eigenvalue weighted by Crippen LogP contribution is 2.28. The number of anilines is 2. The highest BCUT2D eigenvalue weighted by atomic mass is 35.5. The minimum atomic E-state index is -3.99. The molecule has 7 nitrogen and oxygen atoms in total. The highest BCUT2D eigenvalue weighted by Gasteiger charge is 2.25. The molecule has 4 rings (SSSR count). The number of likely N-dealkylation sites (tertiary alicyclic amines) is 1. The number of carbonyl (C=O) groups is 2. The molecule has 0 spiro atoms. The summed E-state index contributed by atoms with van der Waals surface area (Å²) in [6.07, 6.45) is 1.42. The third-order valence-corrected chi connectivity index (χ3v) is 7.95. The maximum atomic E-state index is 13.2. The summed E-state index contributed by atoms with van der Waals surface area (Å²) in [4.78, 5) is 26.5. The largest absolute Gasteiger partial charge is 0.338 e. The van der Waals surface area contributed by atoms with Crippen molar-refractivity contribution in [2.45, 2.75) is 24.3 Å². The van der Waals surface area contributed by atoms with Gasteiger partial charge in [-0.1, -0.05) is 41.9 Å². The third-order valence-electron chi connectivity index (χ3n) is 5.68. The zero-order chi connectivity index (χ0) is 24.3. The highest BCUT2D eigenvalue weighted by molar-refractivity contribution is 7.93. The second-order valence-corrected chi connectivity index (χ2v) is 10.4. The molecule has 0 unspecified atom stereocenters. The number of carbonyl (C=O) groups excluding carboxylic acids is 2. The van der Waals surface area contributed by atoms with Crippen LogP contribution in [0.25, 0.3) is 0 Å². The molecule has 0 bridgehead atoms. The topological polar surface area (TPSA) is 86.8 Å². The normalized spacial score (nSPS) is 13.7. The molecule has 0 saturated carbocycles. The van der Waals surface area contributed by atoms with Gasteiger partial charge in [-0.05, 0) is 54.4 Å². The zero-order valence-electron chi connectivity index (χ0n) is 18.6. The lowest BCUT2D eigenvalue weighted by Gasteiger charge is -2.20. The van der Waals surface area contributed by atoms with Gasteiger partial charge in [0.2, 0.25) is 5.91 Å². The lowest BCUT2D eigenvalue weighted by Crippen LogP contribution is -2.27. The van der Waals surface area contributed by atoms with Gasteiger partial charge in [-0.15, -0.1) is 0 Å². The summed E-state index contributed by atoms with van der Waals surface area (Å²) in [6.45, 7) is 1.21. The average molecular weight is 498 g/mol. The van der Waals surface area contributed by atoms with Gasteiger partial charge < -0.3 is 10.2 Å². The van der Waals surface area contributed by atoms with Crippen LogP contribution in [-0.2, 0) is 21.4 Å². The third kappa shape index (κ3) is 5.08. The molecule has 1 aliphatic heterocycles. The summed E-state index contributed by atoms with van der Waals surface area (Å²) < 4.78 is 27.5. The number of amides is 2. The second-order valence-electron chi connectivity index (χ2n) is 8.03. The Hall–Kier alpha value is -3.36. The first kappa shape index (κ1) is 23.8. The summed E-state index contributed by atoms with van der Waals surface area (Å²) >= 11 is 6.22. The predicted octanol–water partition coefficient (Wildman–Crippen LogP) is 4.54. The Balaban J connectivity index is 1.54. The molecule has 1 saturated heterocycles. The average Bonchev–Trinajstić information content (AvgIpc) is 3.23. The van der Waals surface area contributed by atoms with Crippen LogP contribution < -0.4 is 9.62 Å². The SMILES string of the molecule is CN(c1ccccc1)S(=O)(=O)c1cc(C(=O)Nc2cccc(CN3CCCC3=O)c2)ccc1Cl. The van der Waals surface area contributed by atoms with Gasteiger partial charge in [0, 0.05) is 37.8 Å². The van der Waals surface area contributed by atoms with E-state index < -0.39 is 15.9 Å². The van der Waals surface area contributed by atoms with Crippen LogP contribution >= 0.6 is 11.6 Å². The first-order chi connectivity index (χ1) is 16.3.